The van der Waals surface area contributed by atoms with Crippen molar-refractivity contribution in [3.8, 4) is 0 Å². The van der Waals surface area contributed by atoms with Crippen molar-refractivity contribution in [2.24, 2.45) is 11.1 Å². The first-order chi connectivity index (χ1) is 5.83. The number of hydrogen-bond acceptors (Lipinski definition) is 1. The van der Waals surface area contributed by atoms with Gasteiger partial charge >= 0.3 is 6.18 Å². The molecule has 0 saturated heterocycles. The third-order valence-electron chi connectivity index (χ3n) is 3.35. The zero-order valence-corrected chi connectivity index (χ0v) is 7.45. The number of nitrogens with two attached hydrogens (primary N) is 1. The normalized spacial score (nSPS) is 42.5. The summed E-state index contributed by atoms with van der Waals surface area (Å²) in [6, 6.07) is 0. The van der Waals surface area contributed by atoms with E-state index in [1.165, 1.54) is 0 Å². The highest BCUT2D eigenvalue weighted by atomic mass is 19.4. The van der Waals surface area contributed by atoms with Gasteiger partial charge in [-0.1, -0.05) is 0 Å². The van der Waals surface area contributed by atoms with Gasteiger partial charge in [-0.3, -0.25) is 0 Å². The Morgan fingerprint density at radius 2 is 1.69 bits per heavy atom. The second-order valence-electron chi connectivity index (χ2n) is 4.86. The molecule has 0 spiro atoms. The summed E-state index contributed by atoms with van der Waals surface area (Å²) in [5.74, 6) is 0. The minimum absolute atomic E-state index is 0.0260. The molecule has 4 heteroatoms. The minimum Gasteiger partial charge on any atom is -0.325 e. The SMILES string of the molecule is NC12CC(CCCC(F)(F)F)(C1)C2. The van der Waals surface area contributed by atoms with Crippen molar-refractivity contribution in [1.29, 1.82) is 0 Å². The molecule has 2 N–H and O–H groups in total. The highest BCUT2D eigenvalue weighted by Crippen LogP contribution is 2.68. The molecule has 0 aromatic carbocycles. The lowest BCUT2D eigenvalue weighted by Gasteiger charge is -2.69. The van der Waals surface area contributed by atoms with Crippen LogP contribution in [0.2, 0.25) is 0 Å². The van der Waals surface area contributed by atoms with Crippen LogP contribution in [0.1, 0.15) is 38.5 Å². The predicted octanol–water partition coefficient (Wildman–Crippen LogP) is 2.60. The van der Waals surface area contributed by atoms with Crippen LogP contribution in [0.5, 0.6) is 0 Å². The molecule has 0 aromatic heterocycles. The van der Waals surface area contributed by atoms with Crippen LogP contribution in [0.4, 0.5) is 13.2 Å². The minimum atomic E-state index is -3.98. The van der Waals surface area contributed by atoms with Gasteiger partial charge in [0, 0.05) is 12.0 Å². The molecular weight excluding hydrogens is 179 g/mol. The van der Waals surface area contributed by atoms with Crippen LogP contribution in [0, 0.1) is 5.41 Å². The maximum Gasteiger partial charge on any atom is 0.389 e. The van der Waals surface area contributed by atoms with E-state index in [1.807, 2.05) is 0 Å². The van der Waals surface area contributed by atoms with Crippen LogP contribution in [-0.2, 0) is 0 Å². The van der Waals surface area contributed by atoms with Crippen molar-refractivity contribution in [1.82, 2.24) is 0 Å². The summed E-state index contributed by atoms with van der Waals surface area (Å²) in [6.07, 6.45) is -0.755. The highest BCUT2D eigenvalue weighted by Gasteiger charge is 2.64. The Morgan fingerprint density at radius 1 is 1.15 bits per heavy atom. The molecule has 76 valence electrons. The summed E-state index contributed by atoms with van der Waals surface area (Å²) in [6.45, 7) is 0. The van der Waals surface area contributed by atoms with E-state index < -0.39 is 12.6 Å². The Labute approximate surface area is 75.5 Å². The van der Waals surface area contributed by atoms with Gasteiger partial charge in [-0.15, -0.1) is 0 Å². The molecule has 0 heterocycles. The molecule has 0 amide bonds. The molecule has 3 rings (SSSR count). The lowest BCUT2D eigenvalue weighted by atomic mass is 9.38. The van der Waals surface area contributed by atoms with Crippen LogP contribution >= 0.6 is 0 Å². The van der Waals surface area contributed by atoms with Gasteiger partial charge in [0.05, 0.1) is 0 Å². The summed E-state index contributed by atoms with van der Waals surface area (Å²) in [4.78, 5) is 0. The molecule has 3 fully saturated rings. The molecule has 13 heavy (non-hydrogen) atoms. The average molecular weight is 193 g/mol. The molecule has 0 atom stereocenters. The fourth-order valence-corrected chi connectivity index (χ4v) is 3.01. The molecule has 1 nitrogen and oxygen atoms in total. The summed E-state index contributed by atoms with van der Waals surface area (Å²) in [5.41, 5.74) is 6.06. The summed E-state index contributed by atoms with van der Waals surface area (Å²) in [5, 5.41) is 0. The fraction of sp³-hybridized carbons (Fsp3) is 1.00. The van der Waals surface area contributed by atoms with Crippen LogP contribution in [-0.4, -0.2) is 11.7 Å². The van der Waals surface area contributed by atoms with E-state index in [1.54, 1.807) is 0 Å². The standard InChI is InChI=1S/C9H14F3N/c10-9(11,12)3-1-2-7-4-8(13,5-7)6-7/h1-6,13H2. The van der Waals surface area contributed by atoms with Gasteiger partial charge < -0.3 is 5.73 Å². The van der Waals surface area contributed by atoms with E-state index >= 15 is 0 Å². The van der Waals surface area contributed by atoms with E-state index in [2.05, 4.69) is 0 Å². The van der Waals surface area contributed by atoms with Crippen LogP contribution in [0.15, 0.2) is 0 Å². The van der Waals surface area contributed by atoms with Gasteiger partial charge in [-0.2, -0.15) is 13.2 Å². The summed E-state index contributed by atoms with van der Waals surface area (Å²) >= 11 is 0. The monoisotopic (exact) mass is 193 g/mol. The topological polar surface area (TPSA) is 26.0 Å². The quantitative estimate of drug-likeness (QED) is 0.732. The van der Waals surface area contributed by atoms with E-state index in [0.717, 1.165) is 19.3 Å². The third kappa shape index (κ3) is 1.68. The Kier molecular flexibility index (Phi) is 1.72. The number of halogens is 3. The Morgan fingerprint density at radius 3 is 2.08 bits per heavy atom. The average Bonchev–Trinajstić information content (AvgIpc) is 1.78. The smallest absolute Gasteiger partial charge is 0.325 e. The maximum absolute atomic E-state index is 11.8. The zero-order valence-electron chi connectivity index (χ0n) is 7.45. The first-order valence-electron chi connectivity index (χ1n) is 4.68. The van der Waals surface area contributed by atoms with Crippen LogP contribution in [0.3, 0.4) is 0 Å². The molecule has 0 radical (unpaired) electrons. The lowest BCUT2D eigenvalue weighted by molar-refractivity contribution is -0.157. The van der Waals surface area contributed by atoms with Gasteiger partial charge in [-0.25, -0.2) is 0 Å². The molecular formula is C9H14F3N. The van der Waals surface area contributed by atoms with E-state index in [9.17, 15) is 13.2 Å². The maximum atomic E-state index is 11.8. The lowest BCUT2D eigenvalue weighted by Crippen LogP contribution is -2.71. The van der Waals surface area contributed by atoms with Crippen LogP contribution < -0.4 is 5.73 Å². The highest BCUT2D eigenvalue weighted by molar-refractivity contribution is 5.21. The number of alkyl halides is 3. The van der Waals surface area contributed by atoms with Crippen molar-refractivity contribution >= 4 is 0 Å². The largest absolute Gasteiger partial charge is 0.389 e. The second kappa shape index (κ2) is 2.41. The van der Waals surface area contributed by atoms with Gasteiger partial charge in [-0.05, 0) is 37.5 Å². The predicted molar refractivity (Wildman–Crippen MR) is 43.1 cm³/mol. The van der Waals surface area contributed by atoms with E-state index in [-0.39, 0.29) is 17.4 Å². The van der Waals surface area contributed by atoms with Crippen molar-refractivity contribution in [2.45, 2.75) is 50.2 Å². The van der Waals surface area contributed by atoms with Gasteiger partial charge in [0.15, 0.2) is 0 Å². The van der Waals surface area contributed by atoms with Gasteiger partial charge in [0.2, 0.25) is 0 Å². The van der Waals surface area contributed by atoms with Crippen molar-refractivity contribution in [3.05, 3.63) is 0 Å². The fourth-order valence-electron chi connectivity index (χ4n) is 3.01. The molecule has 2 bridgehead atoms. The summed E-state index contributed by atoms with van der Waals surface area (Å²) in [7, 11) is 0. The molecule has 3 saturated carbocycles. The van der Waals surface area contributed by atoms with E-state index in [4.69, 9.17) is 5.73 Å². The Hall–Kier alpha value is -0.250. The van der Waals surface area contributed by atoms with Gasteiger partial charge in [0.1, 0.15) is 0 Å². The summed E-state index contributed by atoms with van der Waals surface area (Å²) < 4.78 is 35.4. The first kappa shape index (κ1) is 9.31. The molecule has 3 aliphatic carbocycles. The van der Waals surface area contributed by atoms with E-state index in [0.29, 0.717) is 6.42 Å². The molecule has 3 aliphatic rings. The van der Waals surface area contributed by atoms with Crippen molar-refractivity contribution in [2.75, 3.05) is 0 Å². The van der Waals surface area contributed by atoms with Crippen molar-refractivity contribution in [3.63, 3.8) is 0 Å². The third-order valence-corrected chi connectivity index (χ3v) is 3.35. The first-order valence-corrected chi connectivity index (χ1v) is 4.68. The Balaban J connectivity index is 1.66. The number of rotatable bonds is 3. The zero-order chi connectivity index (χ0) is 9.74. The molecule has 0 aliphatic heterocycles. The molecule has 0 unspecified atom stereocenters. The second-order valence-corrected chi connectivity index (χ2v) is 4.86. The molecule has 0 aromatic rings. The Bertz CT molecular complexity index is 202. The van der Waals surface area contributed by atoms with Gasteiger partial charge in [0.25, 0.3) is 0 Å². The van der Waals surface area contributed by atoms with Crippen LogP contribution in [0.25, 0.3) is 0 Å². The van der Waals surface area contributed by atoms with Crippen molar-refractivity contribution < 1.29 is 13.2 Å². The number of hydrogen-bond donors (Lipinski definition) is 1.